The van der Waals surface area contributed by atoms with E-state index in [-0.39, 0.29) is 6.10 Å². The Balaban J connectivity index is 1.97. The third-order valence-corrected chi connectivity index (χ3v) is 3.18. The summed E-state index contributed by atoms with van der Waals surface area (Å²) >= 11 is 0. The summed E-state index contributed by atoms with van der Waals surface area (Å²) in [5.41, 5.74) is -1.62. The van der Waals surface area contributed by atoms with E-state index >= 15 is 0 Å². The van der Waals surface area contributed by atoms with Crippen molar-refractivity contribution in [3.05, 3.63) is 34.2 Å². The maximum absolute atomic E-state index is 12.6. The Morgan fingerprint density at radius 2 is 2.19 bits per heavy atom. The molecule has 0 unspecified atom stereocenters. The van der Waals surface area contributed by atoms with E-state index in [0.717, 1.165) is 23.5 Å². The summed E-state index contributed by atoms with van der Waals surface area (Å²) in [5.74, 6) is -0.521. The van der Waals surface area contributed by atoms with Crippen LogP contribution in [0.25, 0.3) is 0 Å². The van der Waals surface area contributed by atoms with Crippen LogP contribution in [0, 0.1) is 0 Å². The van der Waals surface area contributed by atoms with Crippen LogP contribution in [0.2, 0.25) is 0 Å². The molecule has 0 aliphatic carbocycles. The Morgan fingerprint density at radius 1 is 1.43 bits per heavy atom. The summed E-state index contributed by atoms with van der Waals surface area (Å²) in [6.07, 6.45) is -2.21. The van der Waals surface area contributed by atoms with E-state index in [4.69, 9.17) is 4.74 Å². The van der Waals surface area contributed by atoms with Crippen LogP contribution < -0.4 is 10.9 Å². The van der Waals surface area contributed by atoms with Crippen LogP contribution in [0.15, 0.2) is 23.1 Å². The number of pyridine rings is 1. The van der Waals surface area contributed by atoms with Crippen LogP contribution in [-0.4, -0.2) is 29.7 Å². The largest absolute Gasteiger partial charge is 0.417 e. The van der Waals surface area contributed by atoms with Crippen LogP contribution in [0.5, 0.6) is 0 Å². The van der Waals surface area contributed by atoms with Gasteiger partial charge in [-0.1, -0.05) is 0 Å². The van der Waals surface area contributed by atoms with Gasteiger partial charge in [0.25, 0.3) is 5.56 Å². The van der Waals surface area contributed by atoms with Gasteiger partial charge in [-0.2, -0.15) is 13.2 Å². The number of nitrogens with one attached hydrogen (secondary N) is 1. The van der Waals surface area contributed by atoms with E-state index in [0.29, 0.717) is 25.4 Å². The highest BCUT2D eigenvalue weighted by molar-refractivity contribution is 5.75. The molecule has 1 aromatic rings. The van der Waals surface area contributed by atoms with E-state index in [1.165, 1.54) is 0 Å². The van der Waals surface area contributed by atoms with Crippen molar-refractivity contribution >= 4 is 5.91 Å². The molecule has 2 rings (SSSR count). The lowest BCUT2D eigenvalue weighted by atomic mass is 10.2. The molecular formula is C13H15F3N2O3. The summed E-state index contributed by atoms with van der Waals surface area (Å²) in [5, 5.41) is 2.55. The molecule has 0 bridgehead atoms. The Hall–Kier alpha value is -1.83. The third-order valence-electron chi connectivity index (χ3n) is 3.18. The fourth-order valence-corrected chi connectivity index (χ4v) is 2.07. The van der Waals surface area contributed by atoms with Gasteiger partial charge >= 0.3 is 6.18 Å². The van der Waals surface area contributed by atoms with Crippen molar-refractivity contribution in [2.24, 2.45) is 0 Å². The highest BCUT2D eigenvalue weighted by atomic mass is 19.4. The fourth-order valence-electron chi connectivity index (χ4n) is 2.07. The van der Waals surface area contributed by atoms with Crippen molar-refractivity contribution < 1.29 is 22.7 Å². The molecule has 1 saturated heterocycles. The zero-order chi connectivity index (χ0) is 15.5. The molecule has 1 aliphatic heterocycles. The standard InChI is InChI=1S/C13H15F3N2O3/c14-13(15,16)9-3-4-12(20)18(7-9)8-11(19)17-6-10-2-1-5-21-10/h3-4,7,10H,1-2,5-6,8H2,(H,17,19)/t10-/m0/s1. The van der Waals surface area contributed by atoms with Crippen molar-refractivity contribution in [3.63, 3.8) is 0 Å². The first-order chi connectivity index (χ1) is 9.86. The highest BCUT2D eigenvalue weighted by Gasteiger charge is 2.31. The number of rotatable bonds is 4. The van der Waals surface area contributed by atoms with Gasteiger partial charge in [-0.3, -0.25) is 9.59 Å². The molecule has 5 nitrogen and oxygen atoms in total. The van der Waals surface area contributed by atoms with Crippen LogP contribution in [0.4, 0.5) is 13.2 Å². The topological polar surface area (TPSA) is 60.3 Å². The number of nitrogens with zero attached hydrogens (tertiary/aromatic N) is 1. The molecule has 2 heterocycles. The van der Waals surface area contributed by atoms with Gasteiger partial charge in [-0.25, -0.2) is 0 Å². The molecule has 1 aliphatic rings. The number of hydrogen-bond donors (Lipinski definition) is 1. The molecule has 116 valence electrons. The minimum absolute atomic E-state index is 0.0628. The van der Waals surface area contributed by atoms with Crippen LogP contribution in [0.3, 0.4) is 0 Å². The van der Waals surface area contributed by atoms with Crippen molar-refractivity contribution in [1.29, 1.82) is 0 Å². The SMILES string of the molecule is O=C(Cn1cc(C(F)(F)F)ccc1=O)NC[C@@H]1CCCO1. The monoisotopic (exact) mass is 304 g/mol. The van der Waals surface area contributed by atoms with Gasteiger partial charge in [-0.05, 0) is 18.9 Å². The van der Waals surface area contributed by atoms with Gasteiger partial charge in [-0.15, -0.1) is 0 Å². The Kier molecular flexibility index (Phi) is 4.66. The number of hydrogen-bond acceptors (Lipinski definition) is 3. The lowest BCUT2D eigenvalue weighted by molar-refractivity contribution is -0.138. The first kappa shape index (κ1) is 15.6. The number of ether oxygens (including phenoxy) is 1. The minimum atomic E-state index is -4.55. The van der Waals surface area contributed by atoms with Crippen molar-refractivity contribution in [2.45, 2.75) is 31.7 Å². The molecule has 0 aromatic carbocycles. The van der Waals surface area contributed by atoms with Gasteiger partial charge in [0.2, 0.25) is 5.91 Å². The molecule has 1 amide bonds. The molecule has 0 spiro atoms. The predicted octanol–water partition coefficient (Wildman–Crippen LogP) is 1.16. The summed E-state index contributed by atoms with van der Waals surface area (Å²) in [7, 11) is 0. The zero-order valence-corrected chi connectivity index (χ0v) is 11.2. The smallest absolute Gasteiger partial charge is 0.376 e. The molecular weight excluding hydrogens is 289 g/mol. The molecule has 21 heavy (non-hydrogen) atoms. The second-order valence-corrected chi connectivity index (χ2v) is 4.82. The maximum atomic E-state index is 12.6. The maximum Gasteiger partial charge on any atom is 0.417 e. The molecule has 1 fully saturated rings. The third kappa shape index (κ3) is 4.32. The Morgan fingerprint density at radius 3 is 2.81 bits per heavy atom. The zero-order valence-electron chi connectivity index (χ0n) is 11.2. The number of amides is 1. The highest BCUT2D eigenvalue weighted by Crippen LogP contribution is 2.27. The summed E-state index contributed by atoms with van der Waals surface area (Å²) in [6, 6.07) is 1.50. The molecule has 0 radical (unpaired) electrons. The quantitative estimate of drug-likeness (QED) is 0.908. The van der Waals surface area contributed by atoms with E-state index in [1.807, 2.05) is 0 Å². The second-order valence-electron chi connectivity index (χ2n) is 4.82. The van der Waals surface area contributed by atoms with E-state index in [9.17, 15) is 22.8 Å². The summed E-state index contributed by atoms with van der Waals surface area (Å²) in [6.45, 7) is 0.496. The van der Waals surface area contributed by atoms with Crippen molar-refractivity contribution in [1.82, 2.24) is 9.88 Å². The van der Waals surface area contributed by atoms with Gasteiger partial charge < -0.3 is 14.6 Å². The molecule has 8 heteroatoms. The van der Waals surface area contributed by atoms with Crippen molar-refractivity contribution in [2.75, 3.05) is 13.2 Å². The number of halogens is 3. The number of aromatic nitrogens is 1. The van der Waals surface area contributed by atoms with E-state index in [1.54, 1.807) is 0 Å². The van der Waals surface area contributed by atoms with Gasteiger partial charge in [0.15, 0.2) is 0 Å². The lowest BCUT2D eigenvalue weighted by Gasteiger charge is -2.13. The summed E-state index contributed by atoms with van der Waals surface area (Å²) in [4.78, 5) is 23.2. The minimum Gasteiger partial charge on any atom is -0.376 e. The van der Waals surface area contributed by atoms with Crippen molar-refractivity contribution in [3.8, 4) is 0 Å². The first-order valence-corrected chi connectivity index (χ1v) is 6.52. The van der Waals surface area contributed by atoms with Crippen LogP contribution in [0.1, 0.15) is 18.4 Å². The number of carbonyl (C=O) groups is 1. The molecule has 1 N–H and O–H groups in total. The molecule has 0 saturated carbocycles. The molecule has 1 aromatic heterocycles. The normalized spacial score (nSPS) is 18.7. The Labute approximate surface area is 118 Å². The second kappa shape index (κ2) is 6.30. The summed E-state index contributed by atoms with van der Waals surface area (Å²) < 4.78 is 43.7. The number of carbonyl (C=O) groups excluding carboxylic acids is 1. The van der Waals surface area contributed by atoms with E-state index in [2.05, 4.69) is 5.32 Å². The average molecular weight is 304 g/mol. The average Bonchev–Trinajstić information content (AvgIpc) is 2.91. The first-order valence-electron chi connectivity index (χ1n) is 6.52. The molecule has 1 atom stereocenters. The van der Waals surface area contributed by atoms with E-state index < -0.39 is 29.8 Å². The fraction of sp³-hybridized carbons (Fsp3) is 0.538. The predicted molar refractivity (Wildman–Crippen MR) is 67.7 cm³/mol. The van der Waals surface area contributed by atoms with Gasteiger partial charge in [0, 0.05) is 25.4 Å². The van der Waals surface area contributed by atoms with Gasteiger partial charge in [0.1, 0.15) is 6.54 Å². The van der Waals surface area contributed by atoms with Crippen LogP contribution in [-0.2, 0) is 22.3 Å². The number of alkyl halides is 3. The van der Waals surface area contributed by atoms with Crippen LogP contribution >= 0.6 is 0 Å². The Bertz CT molecular complexity index is 563. The van der Waals surface area contributed by atoms with Gasteiger partial charge in [0.05, 0.1) is 11.7 Å². The lowest BCUT2D eigenvalue weighted by Crippen LogP contribution is -2.36.